The smallest absolute Gasteiger partial charge is 0.433 e. The number of carbonyl (C=O) groups excluding carboxylic acids is 1. The van der Waals surface area contributed by atoms with E-state index in [1.807, 2.05) is 0 Å². The van der Waals surface area contributed by atoms with Crippen LogP contribution in [0.3, 0.4) is 0 Å². The van der Waals surface area contributed by atoms with E-state index in [2.05, 4.69) is 10.1 Å². The molecule has 0 unspecified atom stereocenters. The average molecular weight is 462 g/mol. The Balaban J connectivity index is 1.84. The second-order valence-electron chi connectivity index (χ2n) is 8.10. The van der Waals surface area contributed by atoms with Gasteiger partial charge in [0.15, 0.2) is 22.8 Å². The number of nitrogens with zero attached hydrogens (tertiary/aromatic N) is 4. The highest BCUT2D eigenvalue weighted by Gasteiger charge is 2.36. The second kappa shape index (κ2) is 8.92. The number of fused-ring (bicyclic) bond motifs is 1. The molecular weight excluding hydrogens is 437 g/mol. The lowest BCUT2D eigenvalue weighted by molar-refractivity contribution is -0.142. The van der Waals surface area contributed by atoms with E-state index >= 15 is 0 Å². The minimum Gasteiger partial charge on any atom is -0.493 e. The molecule has 0 saturated heterocycles. The van der Waals surface area contributed by atoms with Crippen molar-refractivity contribution in [3.63, 3.8) is 0 Å². The Hall–Kier alpha value is -3.30. The molecule has 1 aliphatic carbocycles. The summed E-state index contributed by atoms with van der Waals surface area (Å²) in [7, 11) is 4.59. The van der Waals surface area contributed by atoms with Gasteiger partial charge in [-0.15, -0.1) is 0 Å². The molecule has 1 fully saturated rings. The topological polar surface area (TPSA) is 69.0 Å². The summed E-state index contributed by atoms with van der Waals surface area (Å²) < 4.78 is 52.9. The van der Waals surface area contributed by atoms with Crippen molar-refractivity contribution in [2.45, 2.75) is 44.3 Å². The predicted octanol–water partition coefficient (Wildman–Crippen LogP) is 4.84. The highest BCUT2D eigenvalue weighted by molar-refractivity contribution is 6.00. The van der Waals surface area contributed by atoms with Crippen LogP contribution in [0.25, 0.3) is 16.9 Å². The van der Waals surface area contributed by atoms with E-state index in [9.17, 15) is 18.0 Å². The first-order valence-corrected chi connectivity index (χ1v) is 10.7. The molecule has 0 atom stereocenters. The zero-order valence-electron chi connectivity index (χ0n) is 18.6. The summed E-state index contributed by atoms with van der Waals surface area (Å²) in [5.41, 5.74) is -0.679. The van der Waals surface area contributed by atoms with Gasteiger partial charge in [-0.25, -0.2) is 9.50 Å². The molecule has 4 rings (SSSR count). The first-order chi connectivity index (χ1) is 15.7. The summed E-state index contributed by atoms with van der Waals surface area (Å²) in [4.78, 5) is 19.2. The lowest BCUT2D eigenvalue weighted by Crippen LogP contribution is -2.38. The van der Waals surface area contributed by atoms with Crippen molar-refractivity contribution in [2.24, 2.45) is 0 Å². The van der Waals surface area contributed by atoms with E-state index in [1.165, 1.54) is 14.2 Å². The molecule has 3 aromatic rings. The predicted molar refractivity (Wildman–Crippen MR) is 115 cm³/mol. The van der Waals surface area contributed by atoms with Crippen molar-refractivity contribution in [3.8, 4) is 22.8 Å². The van der Waals surface area contributed by atoms with Crippen molar-refractivity contribution in [1.82, 2.24) is 19.5 Å². The van der Waals surface area contributed by atoms with Crippen LogP contribution in [0.1, 0.15) is 48.2 Å². The third-order valence-electron chi connectivity index (χ3n) is 6.11. The van der Waals surface area contributed by atoms with Gasteiger partial charge in [0.1, 0.15) is 5.56 Å². The maximum atomic E-state index is 13.9. The van der Waals surface area contributed by atoms with Crippen LogP contribution >= 0.6 is 0 Å². The third kappa shape index (κ3) is 4.34. The Bertz CT molecular complexity index is 1170. The van der Waals surface area contributed by atoms with Crippen LogP contribution in [0.5, 0.6) is 11.5 Å². The summed E-state index contributed by atoms with van der Waals surface area (Å²) in [6.07, 6.45) is 1.39. The fourth-order valence-electron chi connectivity index (χ4n) is 4.28. The molecular formula is C23H25F3N4O3. The molecule has 1 saturated carbocycles. The molecule has 1 amide bonds. The van der Waals surface area contributed by atoms with Crippen LogP contribution in [-0.4, -0.2) is 52.7 Å². The van der Waals surface area contributed by atoms with Gasteiger partial charge >= 0.3 is 6.18 Å². The summed E-state index contributed by atoms with van der Waals surface area (Å²) >= 11 is 0. The number of amides is 1. The van der Waals surface area contributed by atoms with Crippen molar-refractivity contribution in [2.75, 3.05) is 21.3 Å². The van der Waals surface area contributed by atoms with Gasteiger partial charge in [-0.05, 0) is 37.1 Å². The molecule has 176 valence electrons. The Morgan fingerprint density at radius 2 is 1.79 bits per heavy atom. The van der Waals surface area contributed by atoms with E-state index in [4.69, 9.17) is 9.47 Å². The summed E-state index contributed by atoms with van der Waals surface area (Å²) in [6, 6.07) is 5.70. The van der Waals surface area contributed by atoms with E-state index in [-0.39, 0.29) is 28.9 Å². The summed E-state index contributed by atoms with van der Waals surface area (Å²) in [6.45, 7) is 0. The molecule has 33 heavy (non-hydrogen) atoms. The van der Waals surface area contributed by atoms with Gasteiger partial charge in [0, 0.05) is 18.7 Å². The van der Waals surface area contributed by atoms with Gasteiger partial charge in [0.2, 0.25) is 0 Å². The number of halogens is 3. The van der Waals surface area contributed by atoms with Crippen molar-refractivity contribution >= 4 is 11.6 Å². The molecule has 1 aromatic carbocycles. The number of hydrogen-bond acceptors (Lipinski definition) is 5. The van der Waals surface area contributed by atoms with Gasteiger partial charge in [0.05, 0.1) is 26.1 Å². The molecule has 0 radical (unpaired) electrons. The molecule has 7 nitrogen and oxygen atoms in total. The van der Waals surface area contributed by atoms with Gasteiger partial charge in [-0.3, -0.25) is 4.79 Å². The molecule has 0 N–H and O–H groups in total. The molecule has 10 heteroatoms. The average Bonchev–Trinajstić information content (AvgIpc) is 3.25. The fraction of sp³-hybridized carbons (Fsp3) is 0.435. The molecule has 2 aromatic heterocycles. The quantitative estimate of drug-likeness (QED) is 0.543. The van der Waals surface area contributed by atoms with Crippen LogP contribution in [0.4, 0.5) is 13.2 Å². The van der Waals surface area contributed by atoms with Gasteiger partial charge in [-0.1, -0.05) is 19.3 Å². The van der Waals surface area contributed by atoms with E-state index in [1.54, 1.807) is 30.1 Å². The standard InChI is InChI=1S/C23H25F3N4O3/c1-29(15-7-5-4-6-8-15)22(31)16-13-27-30-20(23(24,25)26)12-17(28-21(16)30)14-9-10-18(32-2)19(11-14)33-3/h9-13,15H,4-8H2,1-3H3. The van der Waals surface area contributed by atoms with E-state index in [0.29, 0.717) is 21.6 Å². The van der Waals surface area contributed by atoms with E-state index in [0.717, 1.165) is 44.4 Å². The van der Waals surface area contributed by atoms with Gasteiger partial charge in [-0.2, -0.15) is 18.3 Å². The number of methoxy groups -OCH3 is 2. The lowest BCUT2D eigenvalue weighted by atomic mass is 9.94. The van der Waals surface area contributed by atoms with Crippen LogP contribution in [0.2, 0.25) is 0 Å². The van der Waals surface area contributed by atoms with Gasteiger partial charge < -0.3 is 14.4 Å². The van der Waals surface area contributed by atoms with Crippen molar-refractivity contribution in [3.05, 3.63) is 41.7 Å². The zero-order chi connectivity index (χ0) is 23.8. The Morgan fingerprint density at radius 3 is 2.42 bits per heavy atom. The van der Waals surface area contributed by atoms with Crippen LogP contribution < -0.4 is 9.47 Å². The maximum Gasteiger partial charge on any atom is 0.433 e. The normalized spacial score (nSPS) is 15.0. The number of alkyl halides is 3. The van der Waals surface area contributed by atoms with Crippen LogP contribution in [0.15, 0.2) is 30.5 Å². The summed E-state index contributed by atoms with van der Waals surface area (Å²) in [5.74, 6) is 0.404. The number of ether oxygens (including phenoxy) is 2. The molecule has 1 aliphatic rings. The molecule has 0 aliphatic heterocycles. The monoisotopic (exact) mass is 462 g/mol. The van der Waals surface area contributed by atoms with Crippen LogP contribution in [0, 0.1) is 0 Å². The Labute approximate surface area is 189 Å². The highest BCUT2D eigenvalue weighted by Crippen LogP contribution is 2.36. The Morgan fingerprint density at radius 1 is 1.09 bits per heavy atom. The number of rotatable bonds is 5. The highest BCUT2D eigenvalue weighted by atomic mass is 19.4. The zero-order valence-corrected chi connectivity index (χ0v) is 18.6. The van der Waals surface area contributed by atoms with E-state index < -0.39 is 11.9 Å². The van der Waals surface area contributed by atoms with Crippen LogP contribution in [-0.2, 0) is 6.18 Å². The number of carbonyl (C=O) groups is 1. The summed E-state index contributed by atoms with van der Waals surface area (Å²) in [5, 5.41) is 3.87. The minimum atomic E-state index is -4.70. The van der Waals surface area contributed by atoms with Crippen molar-refractivity contribution in [1.29, 1.82) is 0 Å². The largest absolute Gasteiger partial charge is 0.493 e. The lowest BCUT2D eigenvalue weighted by Gasteiger charge is -2.31. The first kappa shape index (κ1) is 22.9. The Kier molecular flexibility index (Phi) is 6.18. The second-order valence-corrected chi connectivity index (χ2v) is 8.10. The molecule has 0 spiro atoms. The third-order valence-corrected chi connectivity index (χ3v) is 6.11. The first-order valence-electron chi connectivity index (χ1n) is 10.7. The van der Waals surface area contributed by atoms with Crippen molar-refractivity contribution < 1.29 is 27.4 Å². The minimum absolute atomic E-state index is 0.0379. The SMILES string of the molecule is COc1ccc(-c2cc(C(F)(F)F)n3ncc(C(=O)N(C)C4CCCCC4)c3n2)cc1OC. The van der Waals surface area contributed by atoms with Gasteiger partial charge in [0.25, 0.3) is 5.91 Å². The molecule has 2 heterocycles. The number of hydrogen-bond donors (Lipinski definition) is 0. The maximum absolute atomic E-state index is 13.9. The fourth-order valence-corrected chi connectivity index (χ4v) is 4.28. The number of benzene rings is 1. The molecule has 0 bridgehead atoms. The number of aromatic nitrogens is 3.